The minimum Gasteiger partial charge on any atom is -0.489 e. The Bertz CT molecular complexity index is 308. The molecule has 0 aromatic heterocycles. The maximum absolute atomic E-state index is 5.97. The monoisotopic (exact) mass is 197 g/mol. The van der Waals surface area contributed by atoms with Gasteiger partial charge in [0.05, 0.1) is 5.69 Å². The number of fused-ring (bicyclic) bond motifs is 1. The summed E-state index contributed by atoms with van der Waals surface area (Å²) in [5.74, 6) is 0.971. The average molecular weight is 198 g/mol. The van der Waals surface area contributed by atoms with E-state index in [0.29, 0.717) is 0 Å². The Labute approximate surface area is 82.9 Å². The standard InChI is InChI=1S/C10H12ClNO/c1-2-7-5-8(11)6-9-10(7)13-4-3-12-9/h5-6,12H,2-4H2,1H3. The molecule has 70 valence electrons. The Kier molecular flexibility index (Phi) is 2.32. The highest BCUT2D eigenvalue weighted by molar-refractivity contribution is 6.31. The molecular formula is C10H12ClNO. The molecule has 0 fully saturated rings. The molecular weight excluding hydrogens is 186 g/mol. The van der Waals surface area contributed by atoms with Gasteiger partial charge in [0.2, 0.25) is 0 Å². The van der Waals surface area contributed by atoms with Gasteiger partial charge in [0, 0.05) is 11.6 Å². The highest BCUT2D eigenvalue weighted by atomic mass is 35.5. The summed E-state index contributed by atoms with van der Waals surface area (Å²) in [4.78, 5) is 0. The molecule has 0 atom stereocenters. The van der Waals surface area contributed by atoms with Crippen molar-refractivity contribution in [1.82, 2.24) is 0 Å². The average Bonchev–Trinajstić information content (AvgIpc) is 2.16. The van der Waals surface area contributed by atoms with Crippen LogP contribution in [-0.2, 0) is 6.42 Å². The van der Waals surface area contributed by atoms with Crippen molar-refractivity contribution >= 4 is 17.3 Å². The summed E-state index contributed by atoms with van der Waals surface area (Å²) in [5.41, 5.74) is 2.20. The van der Waals surface area contributed by atoms with Gasteiger partial charge >= 0.3 is 0 Å². The predicted molar refractivity (Wildman–Crippen MR) is 54.8 cm³/mol. The second-order valence-electron chi connectivity index (χ2n) is 3.07. The Hall–Kier alpha value is -0.890. The molecule has 2 rings (SSSR count). The van der Waals surface area contributed by atoms with E-state index >= 15 is 0 Å². The van der Waals surface area contributed by atoms with E-state index in [4.69, 9.17) is 16.3 Å². The largest absolute Gasteiger partial charge is 0.489 e. The zero-order valence-electron chi connectivity index (χ0n) is 7.56. The molecule has 0 saturated heterocycles. The number of hydrogen-bond donors (Lipinski definition) is 1. The molecule has 0 saturated carbocycles. The molecule has 0 amide bonds. The van der Waals surface area contributed by atoms with Crippen LogP contribution in [0.3, 0.4) is 0 Å². The van der Waals surface area contributed by atoms with Gasteiger partial charge in [0.15, 0.2) is 0 Å². The maximum atomic E-state index is 5.97. The van der Waals surface area contributed by atoms with E-state index in [1.807, 2.05) is 12.1 Å². The minimum atomic E-state index is 0.738. The Morgan fingerprint density at radius 3 is 3.15 bits per heavy atom. The highest BCUT2D eigenvalue weighted by Crippen LogP contribution is 2.34. The van der Waals surface area contributed by atoms with E-state index in [1.54, 1.807) is 0 Å². The minimum absolute atomic E-state index is 0.738. The van der Waals surface area contributed by atoms with E-state index in [0.717, 1.165) is 36.0 Å². The summed E-state index contributed by atoms with van der Waals surface area (Å²) in [6, 6.07) is 3.88. The molecule has 0 bridgehead atoms. The quantitative estimate of drug-likeness (QED) is 0.748. The third-order valence-electron chi connectivity index (χ3n) is 2.18. The first-order valence-corrected chi connectivity index (χ1v) is 4.88. The summed E-state index contributed by atoms with van der Waals surface area (Å²) in [5, 5.41) is 4.04. The fraction of sp³-hybridized carbons (Fsp3) is 0.400. The molecule has 2 nitrogen and oxygen atoms in total. The molecule has 1 N–H and O–H groups in total. The van der Waals surface area contributed by atoms with Gasteiger partial charge in [-0.1, -0.05) is 18.5 Å². The lowest BCUT2D eigenvalue weighted by Gasteiger charge is -2.21. The van der Waals surface area contributed by atoms with Crippen LogP contribution in [0.4, 0.5) is 5.69 Å². The first-order valence-electron chi connectivity index (χ1n) is 4.50. The van der Waals surface area contributed by atoms with Gasteiger partial charge in [-0.2, -0.15) is 0 Å². The Morgan fingerprint density at radius 1 is 1.54 bits per heavy atom. The van der Waals surface area contributed by atoms with E-state index in [9.17, 15) is 0 Å². The van der Waals surface area contributed by atoms with Gasteiger partial charge in [-0.3, -0.25) is 0 Å². The van der Waals surface area contributed by atoms with E-state index < -0.39 is 0 Å². The number of anilines is 1. The van der Waals surface area contributed by atoms with Crippen molar-refractivity contribution in [3.63, 3.8) is 0 Å². The molecule has 1 aliphatic rings. The van der Waals surface area contributed by atoms with Crippen molar-refractivity contribution in [3.8, 4) is 5.75 Å². The molecule has 0 aliphatic carbocycles. The van der Waals surface area contributed by atoms with E-state index in [2.05, 4.69) is 12.2 Å². The number of ether oxygens (including phenoxy) is 1. The second kappa shape index (κ2) is 3.46. The van der Waals surface area contributed by atoms with Gasteiger partial charge < -0.3 is 10.1 Å². The lowest BCUT2D eigenvalue weighted by molar-refractivity contribution is 0.320. The SMILES string of the molecule is CCc1cc(Cl)cc2c1OCCN2. The van der Waals surface area contributed by atoms with Gasteiger partial charge in [-0.05, 0) is 24.1 Å². The van der Waals surface area contributed by atoms with Gasteiger partial charge in [0.25, 0.3) is 0 Å². The summed E-state index contributed by atoms with van der Waals surface area (Å²) in [6.45, 7) is 3.70. The molecule has 1 aromatic carbocycles. The van der Waals surface area contributed by atoms with Gasteiger partial charge in [-0.15, -0.1) is 0 Å². The van der Waals surface area contributed by atoms with Crippen molar-refractivity contribution in [2.45, 2.75) is 13.3 Å². The van der Waals surface area contributed by atoms with Crippen molar-refractivity contribution in [1.29, 1.82) is 0 Å². The van der Waals surface area contributed by atoms with Crippen molar-refractivity contribution < 1.29 is 4.74 Å². The number of halogens is 1. The first-order chi connectivity index (χ1) is 6.31. The summed E-state index contributed by atoms with van der Waals surface area (Å²) < 4.78 is 5.58. The molecule has 1 heterocycles. The number of benzene rings is 1. The smallest absolute Gasteiger partial charge is 0.145 e. The highest BCUT2D eigenvalue weighted by Gasteiger charge is 2.13. The molecule has 1 aliphatic heterocycles. The Balaban J connectivity index is 2.50. The van der Waals surface area contributed by atoms with Crippen LogP contribution in [0.1, 0.15) is 12.5 Å². The number of nitrogens with one attached hydrogen (secondary N) is 1. The molecule has 3 heteroatoms. The summed E-state index contributed by atoms with van der Waals surface area (Å²) in [7, 11) is 0. The van der Waals surface area contributed by atoms with Crippen LogP contribution >= 0.6 is 11.6 Å². The number of aryl methyl sites for hydroxylation is 1. The lowest BCUT2D eigenvalue weighted by atomic mass is 10.1. The fourth-order valence-corrected chi connectivity index (χ4v) is 1.79. The third-order valence-corrected chi connectivity index (χ3v) is 2.39. The fourth-order valence-electron chi connectivity index (χ4n) is 1.55. The normalized spacial score (nSPS) is 14.3. The van der Waals surface area contributed by atoms with Crippen molar-refractivity contribution in [2.24, 2.45) is 0 Å². The van der Waals surface area contributed by atoms with Crippen LogP contribution in [0.25, 0.3) is 0 Å². The zero-order chi connectivity index (χ0) is 9.26. The van der Waals surface area contributed by atoms with Crippen LogP contribution < -0.4 is 10.1 Å². The summed E-state index contributed by atoms with van der Waals surface area (Å²) in [6.07, 6.45) is 0.949. The van der Waals surface area contributed by atoms with Crippen LogP contribution in [0.5, 0.6) is 5.75 Å². The lowest BCUT2D eigenvalue weighted by Crippen LogP contribution is -2.19. The van der Waals surface area contributed by atoms with Crippen LogP contribution in [0.2, 0.25) is 5.02 Å². The first kappa shape index (κ1) is 8.70. The van der Waals surface area contributed by atoms with Crippen molar-refractivity contribution in [3.05, 3.63) is 22.7 Å². The van der Waals surface area contributed by atoms with Crippen LogP contribution in [0.15, 0.2) is 12.1 Å². The maximum Gasteiger partial charge on any atom is 0.145 e. The number of hydrogen-bond acceptors (Lipinski definition) is 2. The topological polar surface area (TPSA) is 21.3 Å². The number of rotatable bonds is 1. The summed E-state index contributed by atoms with van der Waals surface area (Å²) >= 11 is 5.97. The van der Waals surface area contributed by atoms with E-state index in [1.165, 1.54) is 5.56 Å². The molecule has 13 heavy (non-hydrogen) atoms. The molecule has 0 spiro atoms. The Morgan fingerprint density at radius 2 is 2.38 bits per heavy atom. The predicted octanol–water partition coefficient (Wildman–Crippen LogP) is 2.71. The molecule has 0 radical (unpaired) electrons. The molecule has 0 unspecified atom stereocenters. The van der Waals surface area contributed by atoms with Crippen LogP contribution in [-0.4, -0.2) is 13.2 Å². The van der Waals surface area contributed by atoms with E-state index in [-0.39, 0.29) is 0 Å². The van der Waals surface area contributed by atoms with Crippen LogP contribution in [0, 0.1) is 0 Å². The van der Waals surface area contributed by atoms with Gasteiger partial charge in [-0.25, -0.2) is 0 Å². The molecule has 1 aromatic rings. The third kappa shape index (κ3) is 1.59. The van der Waals surface area contributed by atoms with Crippen molar-refractivity contribution in [2.75, 3.05) is 18.5 Å². The zero-order valence-corrected chi connectivity index (χ0v) is 8.32. The van der Waals surface area contributed by atoms with Gasteiger partial charge in [0.1, 0.15) is 12.4 Å². The second-order valence-corrected chi connectivity index (χ2v) is 3.51.